The Bertz CT molecular complexity index is 2170. The number of hydrogen-bond acceptors (Lipinski definition) is 4. The number of alkyl halides is 24. The normalized spacial score (nSPS) is 14.7. The molecule has 4 nitrogen and oxygen atoms in total. The summed E-state index contributed by atoms with van der Waals surface area (Å²) in [6, 6.07) is -1.69. The van der Waals surface area contributed by atoms with E-state index < -0.39 is 181 Å². The second kappa shape index (κ2) is 22.5. The van der Waals surface area contributed by atoms with Gasteiger partial charge in [0, 0.05) is 0 Å². The zero-order chi connectivity index (χ0) is 59.6. The van der Waals surface area contributed by atoms with Crippen LogP contribution in [-0.4, -0.2) is 63.8 Å². The summed E-state index contributed by atoms with van der Waals surface area (Å²) < 4.78 is 401. The van der Waals surface area contributed by atoms with Crippen molar-refractivity contribution in [3.05, 3.63) is 142 Å². The molecule has 0 aliphatic heterocycles. The third-order valence-corrected chi connectivity index (χ3v) is 15.0. The van der Waals surface area contributed by atoms with Crippen LogP contribution in [0.1, 0.15) is 124 Å². The monoisotopic (exact) mass is 1170 g/mol. The second-order valence-corrected chi connectivity index (χ2v) is 21.0. The Morgan fingerprint density at radius 2 is 0.359 bits per heavy atom. The van der Waals surface area contributed by atoms with Gasteiger partial charge < -0.3 is 15.2 Å². The van der Waals surface area contributed by atoms with Crippen LogP contribution in [0.3, 0.4) is 0 Å². The Balaban J connectivity index is 0.0000160. The van der Waals surface area contributed by atoms with Crippen molar-refractivity contribution in [2.45, 2.75) is 151 Å². The standard InChI is InChI=1S/4C12H11F6O.Al.Li/c4*1-7(2)8-3-5-9(6-4-8)10(19,11(13,14)15)12(16,17)18;;/h4*3-7H,1-2H3;;/q4*-1;+3;+1. The van der Waals surface area contributed by atoms with Crippen molar-refractivity contribution >= 4 is 14.4 Å². The van der Waals surface area contributed by atoms with Gasteiger partial charge in [-0.1, -0.05) is 152 Å². The molecule has 0 heterocycles. The molecule has 4 aromatic rings. The molecule has 0 aromatic heterocycles. The number of halogens is 24. The van der Waals surface area contributed by atoms with Crippen LogP contribution in [-0.2, 0) is 37.6 Å². The van der Waals surface area contributed by atoms with Gasteiger partial charge in [-0.25, -0.2) is 0 Å². The molecule has 0 N–H and O–H groups in total. The molecular weight excluding hydrogens is 1130 g/mol. The first-order chi connectivity index (χ1) is 34.5. The van der Waals surface area contributed by atoms with E-state index in [4.69, 9.17) is 0 Å². The van der Waals surface area contributed by atoms with Crippen LogP contribution in [0, 0.1) is 0 Å². The van der Waals surface area contributed by atoms with Crippen LogP contribution >= 0.6 is 0 Å². The fourth-order valence-electron chi connectivity index (χ4n) is 8.18. The summed E-state index contributed by atoms with van der Waals surface area (Å²) in [4.78, 5) is 0. The Kier molecular flexibility index (Phi) is 19.7. The van der Waals surface area contributed by atoms with Gasteiger partial charge in [0.25, 0.3) is 0 Å². The third-order valence-electron chi connectivity index (χ3n) is 12.4. The van der Waals surface area contributed by atoms with E-state index in [0.29, 0.717) is 0 Å². The van der Waals surface area contributed by atoms with Gasteiger partial charge >= 0.3 is 82.7 Å². The number of rotatable bonds is 16. The Morgan fingerprint density at radius 3 is 0.449 bits per heavy atom. The van der Waals surface area contributed by atoms with Crippen molar-refractivity contribution in [3.8, 4) is 0 Å². The topological polar surface area (TPSA) is 36.9 Å². The van der Waals surface area contributed by atoms with Crippen LogP contribution in [0.15, 0.2) is 97.1 Å². The minimum Gasteiger partial charge on any atom is -0.565 e. The molecule has 0 saturated carbocycles. The SMILES string of the molecule is CC(C)c1ccc(C([O][Al-]([O]C(c2ccc(C(C)C)cc2)(C(F)(F)F)C(F)(F)F)([O]C(c2ccc(C(C)C)cc2)(C(F)(F)F)C(F)(F)F)[O]C(c2ccc(C(C)C)cc2)(C(F)(F)F)C(F)(F)F)(C(F)(F)F)C(F)(F)F)cc1.[Li+]. The molecule has 4 aromatic carbocycles. The van der Waals surface area contributed by atoms with Gasteiger partial charge in [0.15, 0.2) is 0 Å². The maximum Gasteiger partial charge on any atom is 1.00 e. The minimum atomic E-state index is -11.4. The van der Waals surface area contributed by atoms with Crippen LogP contribution in [0.4, 0.5) is 105 Å². The molecule has 4 rings (SSSR count). The number of benzene rings is 4. The first-order valence-corrected chi connectivity index (χ1v) is 24.2. The van der Waals surface area contributed by atoms with Gasteiger partial charge in [-0.05, 0) is 68.2 Å². The zero-order valence-electron chi connectivity index (χ0n) is 41.8. The maximum atomic E-state index is 16.1. The van der Waals surface area contributed by atoms with Crippen molar-refractivity contribution < 1.29 is 139 Å². The van der Waals surface area contributed by atoms with Crippen molar-refractivity contribution in [3.63, 3.8) is 0 Å². The largest absolute Gasteiger partial charge is 1.00 e. The van der Waals surface area contributed by atoms with E-state index in [1.165, 1.54) is 55.4 Å². The van der Waals surface area contributed by atoms with Crippen LogP contribution in [0.25, 0.3) is 0 Å². The molecule has 0 atom stereocenters. The van der Waals surface area contributed by atoms with E-state index in [1.807, 2.05) is 0 Å². The van der Waals surface area contributed by atoms with Gasteiger partial charge in [0.05, 0.1) is 0 Å². The summed E-state index contributed by atoms with van der Waals surface area (Å²) in [7, 11) is 0. The molecule has 0 unspecified atom stereocenters. The molecule has 0 saturated heterocycles. The van der Waals surface area contributed by atoms with Crippen molar-refractivity contribution in [2.24, 2.45) is 0 Å². The second-order valence-electron chi connectivity index (χ2n) is 18.9. The van der Waals surface area contributed by atoms with Crippen molar-refractivity contribution in [2.75, 3.05) is 0 Å². The smallest absolute Gasteiger partial charge is 0.565 e. The summed E-state index contributed by atoms with van der Waals surface area (Å²) in [5, 5.41) is 0. The average Bonchev–Trinajstić information content (AvgIpc) is 3.25. The molecule has 0 spiro atoms. The predicted molar refractivity (Wildman–Crippen MR) is 227 cm³/mol. The van der Waals surface area contributed by atoms with Gasteiger partial charge in [-0.2, -0.15) is 105 Å². The molecular formula is C48H44AlF24LiO4. The summed E-state index contributed by atoms with van der Waals surface area (Å²) in [5.41, 5.74) is -42.1. The predicted octanol–water partition coefficient (Wildman–Crippen LogP) is 15.1. The van der Waals surface area contributed by atoms with Crippen LogP contribution in [0.5, 0.6) is 0 Å². The number of hydrogen-bond donors (Lipinski definition) is 0. The van der Waals surface area contributed by atoms with Crippen molar-refractivity contribution in [1.82, 2.24) is 0 Å². The van der Waals surface area contributed by atoms with Gasteiger partial charge in [-0.15, -0.1) is 0 Å². The maximum absolute atomic E-state index is 16.1. The molecule has 0 fully saturated rings. The first-order valence-electron chi connectivity index (χ1n) is 22.4. The molecule has 0 radical (unpaired) electrons. The van der Waals surface area contributed by atoms with Crippen LogP contribution in [0.2, 0.25) is 0 Å². The molecule has 432 valence electrons. The van der Waals surface area contributed by atoms with E-state index >= 15 is 105 Å². The fraction of sp³-hybridized carbons (Fsp3) is 0.500. The Hall–Kier alpha value is -3.83. The summed E-state index contributed by atoms with van der Waals surface area (Å²) in [6.07, 6.45) is -63.1. The van der Waals surface area contributed by atoms with Crippen LogP contribution < -0.4 is 18.9 Å². The Morgan fingerprint density at radius 1 is 0.244 bits per heavy atom. The van der Waals surface area contributed by atoms with E-state index in [0.717, 1.165) is 0 Å². The first kappa shape index (κ1) is 68.4. The average molecular weight is 1170 g/mol. The quantitative estimate of drug-likeness (QED) is 0.0828. The molecule has 0 aliphatic carbocycles. The summed E-state index contributed by atoms with van der Waals surface area (Å²) >= 11 is -11.4. The molecule has 0 aliphatic rings. The summed E-state index contributed by atoms with van der Waals surface area (Å²) in [6.45, 7) is 9.49. The Labute approximate surface area is 444 Å². The van der Waals surface area contributed by atoms with E-state index in [1.54, 1.807) is 0 Å². The molecule has 30 heteroatoms. The third kappa shape index (κ3) is 12.3. The fourth-order valence-corrected chi connectivity index (χ4v) is 11.8. The van der Waals surface area contributed by atoms with Crippen molar-refractivity contribution in [1.29, 1.82) is 0 Å². The minimum absolute atomic E-state index is 0. The molecule has 0 bridgehead atoms. The van der Waals surface area contributed by atoms with Gasteiger partial charge in [0.1, 0.15) is 0 Å². The summed E-state index contributed by atoms with van der Waals surface area (Å²) in [5.74, 6) is -3.87. The molecule has 0 amide bonds. The van der Waals surface area contributed by atoms with Gasteiger partial charge in [0.2, 0.25) is 22.4 Å². The van der Waals surface area contributed by atoms with E-state index in [2.05, 4.69) is 15.2 Å². The zero-order valence-corrected chi connectivity index (χ0v) is 43.0. The van der Waals surface area contributed by atoms with Gasteiger partial charge in [-0.3, -0.25) is 0 Å². The van der Waals surface area contributed by atoms with E-state index in [-0.39, 0.29) is 89.6 Å². The van der Waals surface area contributed by atoms with E-state index in [9.17, 15) is 0 Å². The molecule has 78 heavy (non-hydrogen) atoms.